The largest absolute Gasteiger partial charge is 0.269 e. The first kappa shape index (κ1) is 14.0. The van der Waals surface area contributed by atoms with Crippen molar-refractivity contribution in [3.63, 3.8) is 0 Å². The smallest absolute Gasteiger partial charge is 0.261 e. The van der Waals surface area contributed by atoms with Crippen LogP contribution in [0.15, 0.2) is 53.0 Å². The monoisotopic (exact) mass is 367 g/mol. The number of rotatable bonds is 2. The molecular formula is C17H10BrN3O2. The predicted octanol–water partition coefficient (Wildman–Crippen LogP) is 3.19. The molecule has 0 fully saturated rings. The number of benzene rings is 2. The molecule has 0 saturated carbocycles. The maximum absolute atomic E-state index is 12.4. The molecule has 0 atom stereocenters. The average Bonchev–Trinajstić information content (AvgIpc) is 2.80. The summed E-state index contributed by atoms with van der Waals surface area (Å²) in [6.45, 7) is 0.113. The van der Waals surface area contributed by atoms with Crippen molar-refractivity contribution in [2.45, 2.75) is 6.54 Å². The highest BCUT2D eigenvalue weighted by atomic mass is 79.9. The SMILES string of the molecule is O=C1c2ccccc2C(=O)N1Cc1cc2cc(Br)ccc2nn1. The van der Waals surface area contributed by atoms with Crippen LogP contribution < -0.4 is 0 Å². The lowest BCUT2D eigenvalue weighted by molar-refractivity contribution is 0.0640. The highest BCUT2D eigenvalue weighted by Gasteiger charge is 2.35. The highest BCUT2D eigenvalue weighted by Crippen LogP contribution is 2.24. The van der Waals surface area contributed by atoms with Gasteiger partial charge in [-0.05, 0) is 36.4 Å². The summed E-state index contributed by atoms with van der Waals surface area (Å²) in [5, 5.41) is 9.17. The van der Waals surface area contributed by atoms with Crippen LogP contribution in [0.3, 0.4) is 0 Å². The maximum Gasteiger partial charge on any atom is 0.261 e. The van der Waals surface area contributed by atoms with Crippen LogP contribution in [0.5, 0.6) is 0 Å². The Morgan fingerprint density at radius 2 is 1.61 bits per heavy atom. The number of carbonyl (C=O) groups excluding carboxylic acids is 2. The molecule has 2 amide bonds. The third-order valence-electron chi connectivity index (χ3n) is 3.80. The third-order valence-corrected chi connectivity index (χ3v) is 4.29. The number of nitrogens with zero attached hydrogens (tertiary/aromatic N) is 3. The summed E-state index contributed by atoms with van der Waals surface area (Å²) in [6.07, 6.45) is 0. The van der Waals surface area contributed by atoms with Crippen molar-refractivity contribution >= 4 is 38.6 Å². The van der Waals surface area contributed by atoms with Crippen LogP contribution in [0, 0.1) is 0 Å². The molecule has 112 valence electrons. The fourth-order valence-electron chi connectivity index (χ4n) is 2.68. The van der Waals surface area contributed by atoms with E-state index in [9.17, 15) is 9.59 Å². The van der Waals surface area contributed by atoms with E-state index in [0.29, 0.717) is 16.8 Å². The van der Waals surface area contributed by atoms with E-state index >= 15 is 0 Å². The Hall–Kier alpha value is -2.60. The molecule has 2 aromatic carbocycles. The minimum Gasteiger partial charge on any atom is -0.269 e. The molecular weight excluding hydrogens is 358 g/mol. The molecule has 0 spiro atoms. The summed E-state index contributed by atoms with van der Waals surface area (Å²) >= 11 is 3.42. The zero-order chi connectivity index (χ0) is 16.0. The van der Waals surface area contributed by atoms with Crippen molar-refractivity contribution in [2.75, 3.05) is 0 Å². The summed E-state index contributed by atoms with van der Waals surface area (Å²) in [6, 6.07) is 14.4. The minimum atomic E-state index is -0.290. The second kappa shape index (κ2) is 5.24. The van der Waals surface area contributed by atoms with Gasteiger partial charge < -0.3 is 0 Å². The second-order valence-electron chi connectivity index (χ2n) is 5.28. The van der Waals surface area contributed by atoms with Gasteiger partial charge in [0.1, 0.15) is 0 Å². The number of hydrogen-bond acceptors (Lipinski definition) is 4. The first-order chi connectivity index (χ1) is 11.1. The zero-order valence-electron chi connectivity index (χ0n) is 11.9. The van der Waals surface area contributed by atoms with Gasteiger partial charge >= 0.3 is 0 Å². The van der Waals surface area contributed by atoms with E-state index in [1.807, 2.05) is 24.3 Å². The Morgan fingerprint density at radius 1 is 0.913 bits per heavy atom. The quantitative estimate of drug-likeness (QED) is 0.652. The molecule has 5 nitrogen and oxygen atoms in total. The fraction of sp³-hybridized carbons (Fsp3) is 0.0588. The lowest BCUT2D eigenvalue weighted by Gasteiger charge is -2.13. The molecule has 0 saturated heterocycles. The molecule has 6 heteroatoms. The first-order valence-electron chi connectivity index (χ1n) is 7.00. The number of fused-ring (bicyclic) bond motifs is 2. The van der Waals surface area contributed by atoms with Gasteiger partial charge in [0, 0.05) is 9.86 Å². The Kier molecular flexibility index (Phi) is 3.20. The molecule has 0 unspecified atom stereocenters. The summed E-state index contributed by atoms with van der Waals surface area (Å²) in [7, 11) is 0. The zero-order valence-corrected chi connectivity index (χ0v) is 13.4. The average molecular weight is 368 g/mol. The number of hydrogen-bond donors (Lipinski definition) is 0. The number of aromatic nitrogens is 2. The van der Waals surface area contributed by atoms with Gasteiger partial charge in [0.25, 0.3) is 11.8 Å². The summed E-state index contributed by atoms with van der Waals surface area (Å²) in [5.74, 6) is -0.580. The molecule has 4 rings (SSSR count). The molecule has 3 aromatic rings. The van der Waals surface area contributed by atoms with E-state index in [2.05, 4.69) is 26.1 Å². The molecule has 1 aromatic heterocycles. The third kappa shape index (κ3) is 2.31. The Labute approximate surface area is 140 Å². The normalized spacial score (nSPS) is 13.7. The van der Waals surface area contributed by atoms with Gasteiger partial charge in [-0.25, -0.2) is 0 Å². The lowest BCUT2D eigenvalue weighted by atomic mass is 10.1. The molecule has 1 aliphatic rings. The van der Waals surface area contributed by atoms with Crippen molar-refractivity contribution in [1.29, 1.82) is 0 Å². The van der Waals surface area contributed by atoms with Crippen molar-refractivity contribution in [1.82, 2.24) is 15.1 Å². The predicted molar refractivity (Wildman–Crippen MR) is 87.9 cm³/mol. The number of imide groups is 1. The van der Waals surface area contributed by atoms with E-state index in [4.69, 9.17) is 0 Å². The summed E-state index contributed by atoms with van der Waals surface area (Å²) in [5.41, 5.74) is 2.22. The van der Waals surface area contributed by atoms with Crippen LogP contribution >= 0.6 is 15.9 Å². The topological polar surface area (TPSA) is 63.2 Å². The maximum atomic E-state index is 12.4. The van der Waals surface area contributed by atoms with Crippen LogP contribution in [-0.4, -0.2) is 26.9 Å². The van der Waals surface area contributed by atoms with Crippen molar-refractivity contribution < 1.29 is 9.59 Å². The van der Waals surface area contributed by atoms with Crippen molar-refractivity contribution in [2.24, 2.45) is 0 Å². The van der Waals surface area contributed by atoms with Gasteiger partial charge in [0.15, 0.2) is 0 Å². The number of amides is 2. The molecule has 0 N–H and O–H groups in total. The van der Waals surface area contributed by atoms with E-state index in [0.717, 1.165) is 15.4 Å². The molecule has 23 heavy (non-hydrogen) atoms. The van der Waals surface area contributed by atoms with Crippen molar-refractivity contribution in [3.05, 3.63) is 69.8 Å². The van der Waals surface area contributed by atoms with Gasteiger partial charge in [0.2, 0.25) is 0 Å². The van der Waals surface area contributed by atoms with E-state index < -0.39 is 0 Å². The van der Waals surface area contributed by atoms with Crippen LogP contribution in [0.1, 0.15) is 26.4 Å². The van der Waals surface area contributed by atoms with Crippen LogP contribution in [0.25, 0.3) is 10.9 Å². The van der Waals surface area contributed by atoms with Crippen molar-refractivity contribution in [3.8, 4) is 0 Å². The van der Waals surface area contributed by atoms with Crippen LogP contribution in [-0.2, 0) is 6.54 Å². The molecule has 0 radical (unpaired) electrons. The molecule has 1 aliphatic heterocycles. The van der Waals surface area contributed by atoms with E-state index in [-0.39, 0.29) is 18.4 Å². The first-order valence-corrected chi connectivity index (χ1v) is 7.80. The Bertz CT molecular complexity index is 936. The molecule has 0 bridgehead atoms. The molecule has 2 heterocycles. The summed E-state index contributed by atoms with van der Waals surface area (Å²) in [4.78, 5) is 26.0. The van der Waals surface area contributed by atoms with E-state index in [1.165, 1.54) is 4.90 Å². The Balaban J connectivity index is 1.69. The summed E-state index contributed by atoms with van der Waals surface area (Å²) < 4.78 is 0.935. The van der Waals surface area contributed by atoms with Gasteiger partial charge in [-0.2, -0.15) is 10.2 Å². The molecule has 0 aliphatic carbocycles. The minimum absolute atomic E-state index is 0.113. The van der Waals surface area contributed by atoms with Gasteiger partial charge in [-0.3, -0.25) is 14.5 Å². The highest BCUT2D eigenvalue weighted by molar-refractivity contribution is 9.10. The fourth-order valence-corrected chi connectivity index (χ4v) is 3.06. The van der Waals surface area contributed by atoms with Gasteiger partial charge in [-0.1, -0.05) is 28.1 Å². The van der Waals surface area contributed by atoms with E-state index in [1.54, 1.807) is 24.3 Å². The van der Waals surface area contributed by atoms with Gasteiger partial charge in [-0.15, -0.1) is 0 Å². The standard InChI is InChI=1S/C17H10BrN3O2/c18-11-5-6-15-10(7-11)8-12(19-20-15)9-21-16(22)13-3-1-2-4-14(13)17(21)23/h1-8H,9H2. The number of carbonyl (C=O) groups is 2. The van der Waals surface area contributed by atoms with Gasteiger partial charge in [0.05, 0.1) is 28.9 Å². The van der Waals surface area contributed by atoms with Crippen LogP contribution in [0.2, 0.25) is 0 Å². The lowest BCUT2D eigenvalue weighted by Crippen LogP contribution is -2.29. The number of halogens is 1. The van der Waals surface area contributed by atoms with Crippen LogP contribution in [0.4, 0.5) is 0 Å². The second-order valence-corrected chi connectivity index (χ2v) is 6.20. The Morgan fingerprint density at radius 3 is 2.30 bits per heavy atom.